The molecule has 0 radical (unpaired) electrons. The lowest BCUT2D eigenvalue weighted by Gasteiger charge is -2.23. The molecule has 1 saturated carbocycles. The number of hydrogen-bond acceptors (Lipinski definition) is 2. The summed E-state index contributed by atoms with van der Waals surface area (Å²) < 4.78 is 5.65. The van der Waals surface area contributed by atoms with E-state index >= 15 is 0 Å². The molecule has 2 nitrogen and oxygen atoms in total. The van der Waals surface area contributed by atoms with E-state index in [0.29, 0.717) is 0 Å². The molecule has 0 aromatic carbocycles. The molecule has 1 rings (SSSR count). The highest BCUT2D eigenvalue weighted by molar-refractivity contribution is 4.77. The molecule has 0 aromatic heterocycles. The molecule has 0 bridgehead atoms. The van der Waals surface area contributed by atoms with Gasteiger partial charge in [-0.25, -0.2) is 0 Å². The van der Waals surface area contributed by atoms with Gasteiger partial charge in [0, 0.05) is 13.2 Å². The summed E-state index contributed by atoms with van der Waals surface area (Å²) in [5.41, 5.74) is 0. The van der Waals surface area contributed by atoms with Gasteiger partial charge in [0.2, 0.25) is 0 Å². The molecule has 1 unspecified atom stereocenters. The Labute approximate surface area is 108 Å². The zero-order chi connectivity index (χ0) is 12.3. The Morgan fingerprint density at radius 3 is 2.53 bits per heavy atom. The Bertz CT molecular complexity index is 166. The van der Waals surface area contributed by atoms with Crippen LogP contribution in [0.15, 0.2) is 0 Å². The molecule has 0 aliphatic heterocycles. The Morgan fingerprint density at radius 2 is 1.88 bits per heavy atom. The van der Waals surface area contributed by atoms with Crippen LogP contribution < -0.4 is 5.32 Å². The molecule has 0 spiro atoms. The van der Waals surface area contributed by atoms with E-state index in [9.17, 15) is 0 Å². The third-order valence-electron chi connectivity index (χ3n) is 3.88. The van der Waals surface area contributed by atoms with Crippen molar-refractivity contribution in [1.29, 1.82) is 0 Å². The van der Waals surface area contributed by atoms with E-state index < -0.39 is 0 Å². The summed E-state index contributed by atoms with van der Waals surface area (Å²) in [5.74, 6) is 1.81. The standard InChI is InChI=1S/C15H31NO/c1-3-10-16-13-15(9-12-17-11-4-2)14-7-5-6-8-14/h14-16H,3-13H2,1-2H3. The molecule has 2 heteroatoms. The molecule has 0 amide bonds. The van der Waals surface area contributed by atoms with Crippen molar-refractivity contribution in [2.24, 2.45) is 11.8 Å². The van der Waals surface area contributed by atoms with Gasteiger partial charge >= 0.3 is 0 Å². The summed E-state index contributed by atoms with van der Waals surface area (Å²) >= 11 is 0. The summed E-state index contributed by atoms with van der Waals surface area (Å²) in [4.78, 5) is 0. The van der Waals surface area contributed by atoms with Crippen molar-refractivity contribution in [2.45, 2.75) is 58.8 Å². The number of ether oxygens (including phenoxy) is 1. The molecule has 102 valence electrons. The van der Waals surface area contributed by atoms with E-state index in [1.165, 1.54) is 51.6 Å². The van der Waals surface area contributed by atoms with Crippen LogP contribution in [0.2, 0.25) is 0 Å². The van der Waals surface area contributed by atoms with E-state index in [1.807, 2.05) is 0 Å². The van der Waals surface area contributed by atoms with Crippen LogP contribution in [0.3, 0.4) is 0 Å². The SMILES string of the molecule is CCCNCC(CCOCCC)C1CCCC1. The van der Waals surface area contributed by atoms with Crippen molar-refractivity contribution < 1.29 is 4.74 Å². The van der Waals surface area contributed by atoms with E-state index in [-0.39, 0.29) is 0 Å². The maximum absolute atomic E-state index is 5.65. The second-order valence-electron chi connectivity index (χ2n) is 5.41. The minimum atomic E-state index is 0.848. The first kappa shape index (κ1) is 15.0. The van der Waals surface area contributed by atoms with Crippen LogP contribution >= 0.6 is 0 Å². The van der Waals surface area contributed by atoms with Crippen molar-refractivity contribution in [1.82, 2.24) is 5.32 Å². The Kier molecular flexibility index (Phi) is 8.72. The largest absolute Gasteiger partial charge is 0.381 e. The summed E-state index contributed by atoms with van der Waals surface area (Å²) in [7, 11) is 0. The van der Waals surface area contributed by atoms with Gasteiger partial charge in [-0.1, -0.05) is 39.5 Å². The minimum absolute atomic E-state index is 0.848. The Morgan fingerprint density at radius 1 is 1.12 bits per heavy atom. The maximum Gasteiger partial charge on any atom is 0.0469 e. The van der Waals surface area contributed by atoms with Crippen molar-refractivity contribution in [2.75, 3.05) is 26.3 Å². The highest BCUT2D eigenvalue weighted by Gasteiger charge is 2.24. The number of nitrogens with one attached hydrogen (secondary N) is 1. The molecule has 1 N–H and O–H groups in total. The second kappa shape index (κ2) is 9.90. The van der Waals surface area contributed by atoms with Crippen LogP contribution in [0.1, 0.15) is 58.8 Å². The molecule has 0 aromatic rings. The van der Waals surface area contributed by atoms with Gasteiger partial charge in [-0.15, -0.1) is 0 Å². The average molecular weight is 241 g/mol. The molecule has 17 heavy (non-hydrogen) atoms. The molecule has 1 aliphatic carbocycles. The van der Waals surface area contributed by atoms with Crippen molar-refractivity contribution in [3.05, 3.63) is 0 Å². The van der Waals surface area contributed by atoms with Crippen molar-refractivity contribution >= 4 is 0 Å². The van der Waals surface area contributed by atoms with E-state index in [2.05, 4.69) is 19.2 Å². The first-order chi connectivity index (χ1) is 8.38. The van der Waals surface area contributed by atoms with Crippen LogP contribution in [0.5, 0.6) is 0 Å². The smallest absolute Gasteiger partial charge is 0.0469 e. The highest BCUT2D eigenvalue weighted by atomic mass is 16.5. The summed E-state index contributed by atoms with van der Waals surface area (Å²) in [5, 5.41) is 3.60. The molecule has 0 saturated heterocycles. The highest BCUT2D eigenvalue weighted by Crippen LogP contribution is 2.32. The number of hydrogen-bond donors (Lipinski definition) is 1. The summed E-state index contributed by atoms with van der Waals surface area (Å²) in [6.07, 6.45) is 9.43. The monoisotopic (exact) mass is 241 g/mol. The van der Waals surface area contributed by atoms with E-state index in [1.54, 1.807) is 0 Å². The van der Waals surface area contributed by atoms with Crippen molar-refractivity contribution in [3.63, 3.8) is 0 Å². The van der Waals surface area contributed by atoms with Gasteiger partial charge in [-0.3, -0.25) is 0 Å². The van der Waals surface area contributed by atoms with Crippen LogP contribution in [-0.2, 0) is 4.74 Å². The third-order valence-corrected chi connectivity index (χ3v) is 3.88. The number of rotatable bonds is 10. The predicted molar refractivity (Wildman–Crippen MR) is 74.3 cm³/mol. The van der Waals surface area contributed by atoms with Gasteiger partial charge in [0.1, 0.15) is 0 Å². The maximum atomic E-state index is 5.65. The fourth-order valence-electron chi connectivity index (χ4n) is 2.88. The molecular formula is C15H31NO. The fourth-order valence-corrected chi connectivity index (χ4v) is 2.88. The lowest BCUT2D eigenvalue weighted by molar-refractivity contribution is 0.110. The normalized spacial score (nSPS) is 18.7. The van der Waals surface area contributed by atoms with Crippen LogP contribution in [0.4, 0.5) is 0 Å². The minimum Gasteiger partial charge on any atom is -0.381 e. The van der Waals surface area contributed by atoms with Gasteiger partial charge in [0.05, 0.1) is 0 Å². The van der Waals surface area contributed by atoms with Crippen LogP contribution in [0.25, 0.3) is 0 Å². The third kappa shape index (κ3) is 6.42. The zero-order valence-corrected chi connectivity index (χ0v) is 11.8. The fraction of sp³-hybridized carbons (Fsp3) is 1.00. The molecule has 1 aliphatic rings. The van der Waals surface area contributed by atoms with Crippen LogP contribution in [0, 0.1) is 11.8 Å². The van der Waals surface area contributed by atoms with Gasteiger partial charge in [0.25, 0.3) is 0 Å². The van der Waals surface area contributed by atoms with E-state index in [4.69, 9.17) is 4.74 Å². The van der Waals surface area contributed by atoms with Crippen LogP contribution in [-0.4, -0.2) is 26.3 Å². The predicted octanol–water partition coefficient (Wildman–Crippen LogP) is 3.61. The molecular weight excluding hydrogens is 210 g/mol. The first-order valence-electron chi connectivity index (χ1n) is 7.66. The van der Waals surface area contributed by atoms with Gasteiger partial charge in [0.15, 0.2) is 0 Å². The lowest BCUT2D eigenvalue weighted by atomic mass is 9.88. The average Bonchev–Trinajstić information content (AvgIpc) is 2.86. The van der Waals surface area contributed by atoms with Gasteiger partial charge in [-0.05, 0) is 44.2 Å². The van der Waals surface area contributed by atoms with Gasteiger partial charge < -0.3 is 10.1 Å². The zero-order valence-electron chi connectivity index (χ0n) is 11.8. The topological polar surface area (TPSA) is 21.3 Å². The quantitative estimate of drug-likeness (QED) is 0.590. The van der Waals surface area contributed by atoms with E-state index in [0.717, 1.165) is 31.5 Å². The second-order valence-corrected chi connectivity index (χ2v) is 5.41. The Hall–Kier alpha value is -0.0800. The summed E-state index contributed by atoms with van der Waals surface area (Å²) in [6, 6.07) is 0. The van der Waals surface area contributed by atoms with Gasteiger partial charge in [-0.2, -0.15) is 0 Å². The summed E-state index contributed by atoms with van der Waals surface area (Å²) in [6.45, 7) is 8.68. The van der Waals surface area contributed by atoms with Crippen molar-refractivity contribution in [3.8, 4) is 0 Å². The molecule has 1 fully saturated rings. The lowest BCUT2D eigenvalue weighted by Crippen LogP contribution is -2.29. The first-order valence-corrected chi connectivity index (χ1v) is 7.66. The molecule has 0 heterocycles. The molecule has 1 atom stereocenters. The Balaban J connectivity index is 2.20.